The van der Waals surface area contributed by atoms with E-state index in [1.54, 1.807) is 13.8 Å². The normalized spacial score (nSPS) is 16.1. The van der Waals surface area contributed by atoms with Crippen molar-refractivity contribution in [2.45, 2.75) is 44.0 Å². The lowest BCUT2D eigenvalue weighted by molar-refractivity contribution is -0.142. The molecule has 1 aliphatic carbocycles. The molecule has 0 heterocycles. The van der Waals surface area contributed by atoms with Gasteiger partial charge in [0.05, 0.1) is 11.7 Å². The van der Waals surface area contributed by atoms with Crippen LogP contribution in [0.15, 0.2) is 23.1 Å². The van der Waals surface area contributed by atoms with Crippen molar-refractivity contribution in [2.24, 2.45) is 5.92 Å². The second-order valence-corrected chi connectivity index (χ2v) is 6.60. The number of carbonyl (C=O) groups is 2. The molecule has 0 radical (unpaired) electrons. The summed E-state index contributed by atoms with van der Waals surface area (Å²) in [5.74, 6) is -1.29. The first-order valence-electron chi connectivity index (χ1n) is 7.24. The zero-order valence-electron chi connectivity index (χ0n) is 12.4. The fraction of sp³-hybridized carbons (Fsp3) is 0.500. The van der Waals surface area contributed by atoms with Gasteiger partial charge in [-0.2, -0.15) is 0 Å². The Morgan fingerprint density at radius 3 is 2.71 bits per heavy atom. The van der Waals surface area contributed by atoms with Crippen molar-refractivity contribution in [2.75, 3.05) is 5.75 Å². The summed E-state index contributed by atoms with van der Waals surface area (Å²) in [7, 11) is 0. The van der Waals surface area contributed by atoms with Crippen LogP contribution in [0.25, 0.3) is 0 Å². The Morgan fingerprint density at radius 1 is 1.29 bits per heavy atom. The van der Waals surface area contributed by atoms with Crippen LogP contribution in [0.1, 0.15) is 31.4 Å². The molecule has 0 saturated heterocycles. The van der Waals surface area contributed by atoms with Crippen molar-refractivity contribution in [3.05, 3.63) is 29.3 Å². The van der Waals surface area contributed by atoms with Crippen molar-refractivity contribution >= 4 is 23.6 Å². The molecule has 1 aromatic carbocycles. The van der Waals surface area contributed by atoms with Gasteiger partial charge in [0.2, 0.25) is 5.91 Å². The molecule has 2 unspecified atom stereocenters. The van der Waals surface area contributed by atoms with Gasteiger partial charge in [0.1, 0.15) is 0 Å². The van der Waals surface area contributed by atoms with E-state index in [1.807, 2.05) is 0 Å². The van der Waals surface area contributed by atoms with E-state index >= 15 is 0 Å². The number of carbonyl (C=O) groups excluding carboxylic acids is 1. The van der Waals surface area contributed by atoms with Crippen LogP contribution < -0.4 is 5.32 Å². The van der Waals surface area contributed by atoms with Gasteiger partial charge in [0, 0.05) is 10.9 Å². The first-order valence-corrected chi connectivity index (χ1v) is 8.22. The van der Waals surface area contributed by atoms with Crippen LogP contribution in [0.3, 0.4) is 0 Å². The van der Waals surface area contributed by atoms with Crippen molar-refractivity contribution in [3.63, 3.8) is 0 Å². The highest BCUT2D eigenvalue weighted by molar-refractivity contribution is 8.00. The Kier molecular flexibility index (Phi) is 5.28. The molecule has 21 heavy (non-hydrogen) atoms. The van der Waals surface area contributed by atoms with Gasteiger partial charge in [-0.05, 0) is 56.4 Å². The molecule has 0 aromatic heterocycles. The molecule has 114 valence electrons. The van der Waals surface area contributed by atoms with E-state index < -0.39 is 11.9 Å². The lowest BCUT2D eigenvalue weighted by Gasteiger charge is -2.17. The number of aryl methyl sites for hydroxylation is 2. The number of hydrogen-bond acceptors (Lipinski definition) is 3. The van der Waals surface area contributed by atoms with Gasteiger partial charge in [0.25, 0.3) is 0 Å². The summed E-state index contributed by atoms with van der Waals surface area (Å²) in [5, 5.41) is 11.6. The van der Waals surface area contributed by atoms with Crippen LogP contribution >= 0.6 is 11.8 Å². The minimum Gasteiger partial charge on any atom is -0.481 e. The minimum absolute atomic E-state index is 0.124. The lowest BCUT2D eigenvalue weighted by Crippen LogP contribution is -2.40. The summed E-state index contributed by atoms with van der Waals surface area (Å²) in [5.41, 5.74) is 2.82. The van der Waals surface area contributed by atoms with Gasteiger partial charge in [-0.15, -0.1) is 11.8 Å². The first-order chi connectivity index (χ1) is 9.97. The van der Waals surface area contributed by atoms with Gasteiger partial charge in [-0.3, -0.25) is 9.59 Å². The number of carboxylic acids is 1. The molecule has 2 N–H and O–H groups in total. The van der Waals surface area contributed by atoms with Crippen molar-refractivity contribution < 1.29 is 14.7 Å². The molecule has 0 bridgehead atoms. The van der Waals surface area contributed by atoms with Gasteiger partial charge < -0.3 is 10.4 Å². The second kappa shape index (κ2) is 6.98. The van der Waals surface area contributed by atoms with Crippen LogP contribution in [-0.4, -0.2) is 28.8 Å². The Bertz CT molecular complexity index is 544. The Labute approximate surface area is 129 Å². The van der Waals surface area contributed by atoms with Crippen LogP contribution in [0, 0.1) is 5.92 Å². The number of rotatable bonds is 6. The standard InChI is InChI=1S/C16H21NO3S/c1-10(16(19)20)11(2)17-15(18)9-21-14-7-6-12-4-3-5-13(12)8-14/h6-8,10-11H,3-5,9H2,1-2H3,(H,17,18)(H,19,20). The molecule has 0 aliphatic heterocycles. The summed E-state index contributed by atoms with van der Waals surface area (Å²) >= 11 is 1.50. The molecular weight excluding hydrogens is 286 g/mol. The number of benzene rings is 1. The third-order valence-electron chi connectivity index (χ3n) is 3.97. The van der Waals surface area contributed by atoms with E-state index in [0.29, 0.717) is 5.75 Å². The summed E-state index contributed by atoms with van der Waals surface area (Å²) in [6.45, 7) is 3.32. The fourth-order valence-electron chi connectivity index (χ4n) is 2.42. The molecule has 1 aliphatic rings. The van der Waals surface area contributed by atoms with E-state index in [0.717, 1.165) is 17.7 Å². The lowest BCUT2D eigenvalue weighted by atomic mass is 10.0. The van der Waals surface area contributed by atoms with Crippen LogP contribution in [0.4, 0.5) is 0 Å². The molecule has 2 rings (SSSR count). The predicted molar refractivity (Wildman–Crippen MR) is 83.6 cm³/mol. The predicted octanol–water partition coefficient (Wildman–Crippen LogP) is 2.49. The molecule has 2 atom stereocenters. The maximum atomic E-state index is 11.9. The minimum atomic E-state index is -0.894. The zero-order chi connectivity index (χ0) is 15.4. The van der Waals surface area contributed by atoms with Crippen LogP contribution in [-0.2, 0) is 22.4 Å². The quantitative estimate of drug-likeness (QED) is 0.793. The number of fused-ring (bicyclic) bond motifs is 1. The van der Waals surface area contributed by atoms with Gasteiger partial charge >= 0.3 is 5.97 Å². The summed E-state index contributed by atoms with van der Waals surface area (Å²) in [4.78, 5) is 23.8. The van der Waals surface area contributed by atoms with E-state index in [9.17, 15) is 9.59 Å². The Hall–Kier alpha value is -1.49. The highest BCUT2D eigenvalue weighted by Gasteiger charge is 2.21. The summed E-state index contributed by atoms with van der Waals surface area (Å²) in [6.07, 6.45) is 3.50. The fourth-order valence-corrected chi connectivity index (χ4v) is 3.19. The largest absolute Gasteiger partial charge is 0.481 e. The van der Waals surface area contributed by atoms with E-state index in [2.05, 4.69) is 23.5 Å². The topological polar surface area (TPSA) is 66.4 Å². The third-order valence-corrected chi connectivity index (χ3v) is 4.96. The number of carboxylic acid groups (broad SMARTS) is 1. The smallest absolute Gasteiger partial charge is 0.308 e. The van der Waals surface area contributed by atoms with Crippen molar-refractivity contribution in [3.8, 4) is 0 Å². The highest BCUT2D eigenvalue weighted by atomic mass is 32.2. The Balaban J connectivity index is 1.83. The van der Waals surface area contributed by atoms with E-state index in [4.69, 9.17) is 5.11 Å². The SMILES string of the molecule is CC(NC(=O)CSc1ccc2c(c1)CCC2)C(C)C(=O)O. The molecule has 1 amide bonds. The maximum absolute atomic E-state index is 11.9. The highest BCUT2D eigenvalue weighted by Crippen LogP contribution is 2.27. The number of nitrogens with one attached hydrogen (secondary N) is 1. The molecule has 0 saturated carbocycles. The zero-order valence-corrected chi connectivity index (χ0v) is 13.2. The van der Waals surface area contributed by atoms with Gasteiger partial charge in [-0.25, -0.2) is 0 Å². The van der Waals surface area contributed by atoms with Gasteiger partial charge in [-0.1, -0.05) is 6.07 Å². The maximum Gasteiger partial charge on any atom is 0.308 e. The average Bonchev–Trinajstić information content (AvgIpc) is 2.91. The number of hydrogen-bond donors (Lipinski definition) is 2. The summed E-state index contributed by atoms with van der Waals surface area (Å²) < 4.78 is 0. The van der Waals surface area contributed by atoms with E-state index in [1.165, 1.54) is 29.3 Å². The van der Waals surface area contributed by atoms with Crippen molar-refractivity contribution in [1.29, 1.82) is 0 Å². The number of thioether (sulfide) groups is 1. The number of amides is 1. The molecular formula is C16H21NO3S. The van der Waals surface area contributed by atoms with Crippen LogP contribution in [0.5, 0.6) is 0 Å². The van der Waals surface area contributed by atoms with Crippen molar-refractivity contribution in [1.82, 2.24) is 5.32 Å². The first kappa shape index (κ1) is 15.9. The molecule has 0 spiro atoms. The average molecular weight is 307 g/mol. The molecule has 4 nitrogen and oxygen atoms in total. The summed E-state index contributed by atoms with van der Waals surface area (Å²) in [6, 6.07) is 6.02. The van der Waals surface area contributed by atoms with Crippen LogP contribution in [0.2, 0.25) is 0 Å². The van der Waals surface area contributed by atoms with Gasteiger partial charge in [0.15, 0.2) is 0 Å². The molecule has 1 aromatic rings. The van der Waals surface area contributed by atoms with E-state index in [-0.39, 0.29) is 11.9 Å². The molecule has 5 heteroatoms. The molecule has 0 fully saturated rings. The monoisotopic (exact) mass is 307 g/mol. The second-order valence-electron chi connectivity index (χ2n) is 5.56. The number of aliphatic carboxylic acids is 1. The third kappa shape index (κ3) is 4.24. The Morgan fingerprint density at radius 2 is 2.00 bits per heavy atom.